The summed E-state index contributed by atoms with van der Waals surface area (Å²) in [5.41, 5.74) is -0.496. The van der Waals surface area contributed by atoms with Gasteiger partial charge in [-0.05, 0) is 32.4 Å². The van der Waals surface area contributed by atoms with E-state index >= 15 is 0 Å². The molecule has 3 N–H and O–H groups in total. The molecule has 0 fully saturated rings. The van der Waals surface area contributed by atoms with Gasteiger partial charge in [-0.25, -0.2) is 4.79 Å². The smallest absolute Gasteiger partial charge is 0.333 e. The number of phenolic OH excluding ortho intramolecular Hbond substituents is 1. The quantitative estimate of drug-likeness (QED) is 0.560. The Hall–Kier alpha value is -1.85. The average molecular weight is 280 g/mol. The van der Waals surface area contributed by atoms with E-state index in [2.05, 4.69) is 0 Å². The summed E-state index contributed by atoms with van der Waals surface area (Å²) < 4.78 is 4.96. The molecular formula is C15H20O5. The third kappa shape index (κ3) is 3.59. The second-order valence-electron chi connectivity index (χ2n) is 4.76. The van der Waals surface area contributed by atoms with Crippen molar-refractivity contribution >= 4 is 5.97 Å². The van der Waals surface area contributed by atoms with Crippen molar-refractivity contribution in [2.24, 2.45) is 0 Å². The van der Waals surface area contributed by atoms with Crippen LogP contribution in [0.15, 0.2) is 29.8 Å². The van der Waals surface area contributed by atoms with E-state index in [0.29, 0.717) is 5.57 Å². The van der Waals surface area contributed by atoms with Crippen LogP contribution in [0.3, 0.4) is 0 Å². The lowest BCUT2D eigenvalue weighted by Gasteiger charge is -2.26. The van der Waals surface area contributed by atoms with E-state index in [0.717, 1.165) is 5.56 Å². The summed E-state index contributed by atoms with van der Waals surface area (Å²) in [5.74, 6) is -0.730. The van der Waals surface area contributed by atoms with Gasteiger partial charge in [0.05, 0.1) is 6.61 Å². The first-order valence-electron chi connectivity index (χ1n) is 6.27. The number of benzene rings is 1. The number of carbonyl (C=O) groups excluding carboxylic acids is 1. The largest absolute Gasteiger partial charge is 0.508 e. The van der Waals surface area contributed by atoms with E-state index in [1.165, 1.54) is 12.1 Å². The fraction of sp³-hybridized carbons (Fsp3) is 0.400. The third-order valence-electron chi connectivity index (χ3n) is 3.11. The number of rotatable bonds is 5. The lowest BCUT2D eigenvalue weighted by atomic mass is 9.93. The van der Waals surface area contributed by atoms with Crippen LogP contribution in [-0.2, 0) is 15.1 Å². The molecule has 0 saturated heterocycles. The maximum absolute atomic E-state index is 11.6. The van der Waals surface area contributed by atoms with Gasteiger partial charge in [0.2, 0.25) is 0 Å². The molecule has 5 nitrogen and oxygen atoms in total. The molecule has 0 bridgehead atoms. The summed E-state index contributed by atoms with van der Waals surface area (Å²) in [6.07, 6.45) is 1.59. The molecule has 110 valence electrons. The molecule has 0 saturated carbocycles. The molecular weight excluding hydrogens is 260 g/mol. The van der Waals surface area contributed by atoms with Gasteiger partial charge in [-0.3, -0.25) is 0 Å². The Labute approximate surface area is 118 Å². The lowest BCUT2D eigenvalue weighted by molar-refractivity contribution is -0.150. The van der Waals surface area contributed by atoms with E-state index in [1.54, 1.807) is 32.9 Å². The molecule has 0 aliphatic heterocycles. The summed E-state index contributed by atoms with van der Waals surface area (Å²) in [4.78, 5) is 11.6. The summed E-state index contributed by atoms with van der Waals surface area (Å²) in [7, 11) is 0. The molecule has 1 aromatic rings. The Bertz CT molecular complexity index is 521. The van der Waals surface area contributed by atoms with Crippen LogP contribution < -0.4 is 0 Å². The van der Waals surface area contributed by atoms with E-state index < -0.39 is 24.8 Å². The maximum atomic E-state index is 11.6. The molecule has 1 rings (SSSR count). The Morgan fingerprint density at radius 2 is 2.10 bits per heavy atom. The fourth-order valence-corrected chi connectivity index (χ4v) is 1.66. The van der Waals surface area contributed by atoms with Gasteiger partial charge in [0.15, 0.2) is 0 Å². The fourth-order valence-electron chi connectivity index (χ4n) is 1.66. The van der Waals surface area contributed by atoms with Crippen LogP contribution in [0.2, 0.25) is 0 Å². The van der Waals surface area contributed by atoms with E-state index in [-0.39, 0.29) is 11.3 Å². The highest BCUT2D eigenvalue weighted by molar-refractivity contribution is 5.87. The van der Waals surface area contributed by atoms with Crippen molar-refractivity contribution in [3.05, 3.63) is 41.0 Å². The van der Waals surface area contributed by atoms with Gasteiger partial charge >= 0.3 is 5.97 Å². The minimum Gasteiger partial charge on any atom is -0.508 e. The number of phenols is 1. The summed E-state index contributed by atoms with van der Waals surface area (Å²) in [6, 6.07) is 4.65. The zero-order valence-electron chi connectivity index (χ0n) is 11.9. The van der Waals surface area contributed by atoms with Crippen molar-refractivity contribution in [3.63, 3.8) is 0 Å². The van der Waals surface area contributed by atoms with Crippen LogP contribution >= 0.6 is 0 Å². The molecule has 0 heterocycles. The number of allylic oxidation sites excluding steroid dienone is 1. The molecule has 20 heavy (non-hydrogen) atoms. The molecule has 0 aliphatic carbocycles. The number of hydrogen-bond acceptors (Lipinski definition) is 5. The van der Waals surface area contributed by atoms with Crippen LogP contribution in [0.25, 0.3) is 0 Å². The maximum Gasteiger partial charge on any atom is 0.333 e. The molecule has 0 aromatic heterocycles. The number of ether oxygens (including phenoxy) is 1. The Morgan fingerprint density at radius 1 is 1.45 bits per heavy atom. The topological polar surface area (TPSA) is 87.0 Å². The number of aryl methyl sites for hydroxylation is 1. The SMILES string of the molecule is CC=C(C)C(=O)OC[C@](O)(CO)c1ccc(C)cc1O. The van der Waals surface area contributed by atoms with E-state index in [1.807, 2.05) is 0 Å². The van der Waals surface area contributed by atoms with Crippen molar-refractivity contribution in [1.82, 2.24) is 0 Å². The highest BCUT2D eigenvalue weighted by atomic mass is 16.5. The second kappa shape index (κ2) is 6.54. The summed E-state index contributed by atoms with van der Waals surface area (Å²) in [6.45, 7) is 3.96. The number of aromatic hydroxyl groups is 1. The summed E-state index contributed by atoms with van der Waals surface area (Å²) in [5, 5.41) is 29.6. The van der Waals surface area contributed by atoms with Crippen LogP contribution in [0, 0.1) is 6.92 Å². The van der Waals surface area contributed by atoms with Gasteiger partial charge in [0.25, 0.3) is 0 Å². The van der Waals surface area contributed by atoms with Gasteiger partial charge < -0.3 is 20.1 Å². The van der Waals surface area contributed by atoms with Crippen molar-refractivity contribution in [2.45, 2.75) is 26.4 Å². The molecule has 5 heteroatoms. The van der Waals surface area contributed by atoms with Crippen molar-refractivity contribution in [3.8, 4) is 5.75 Å². The number of carbonyl (C=O) groups is 1. The Morgan fingerprint density at radius 3 is 2.60 bits per heavy atom. The first-order chi connectivity index (χ1) is 9.34. The van der Waals surface area contributed by atoms with Gasteiger partial charge in [-0.1, -0.05) is 18.2 Å². The predicted molar refractivity (Wildman–Crippen MR) is 74.2 cm³/mol. The predicted octanol–water partition coefficient (Wildman–Crippen LogP) is 1.39. The first-order valence-corrected chi connectivity index (χ1v) is 6.27. The monoisotopic (exact) mass is 280 g/mol. The van der Waals surface area contributed by atoms with Gasteiger partial charge in [-0.2, -0.15) is 0 Å². The van der Waals surface area contributed by atoms with Crippen LogP contribution in [0.4, 0.5) is 0 Å². The molecule has 0 radical (unpaired) electrons. The van der Waals surface area contributed by atoms with Crippen LogP contribution in [0.1, 0.15) is 25.0 Å². The molecule has 1 aromatic carbocycles. The van der Waals surface area contributed by atoms with Crippen LogP contribution in [0.5, 0.6) is 5.75 Å². The van der Waals surface area contributed by atoms with E-state index in [9.17, 15) is 20.1 Å². The second-order valence-corrected chi connectivity index (χ2v) is 4.76. The molecule has 0 amide bonds. The highest BCUT2D eigenvalue weighted by Gasteiger charge is 2.33. The van der Waals surface area contributed by atoms with Gasteiger partial charge in [0, 0.05) is 11.1 Å². The standard InChI is InChI=1S/C15H20O5/c1-4-11(3)14(18)20-9-15(19,8-16)12-6-5-10(2)7-13(12)17/h4-7,16-17,19H,8-9H2,1-3H3/t15-/m1/s1. The zero-order valence-corrected chi connectivity index (χ0v) is 11.9. The van der Waals surface area contributed by atoms with Gasteiger partial charge in [0.1, 0.15) is 18.0 Å². The molecule has 0 spiro atoms. The zero-order chi connectivity index (χ0) is 15.3. The van der Waals surface area contributed by atoms with Crippen molar-refractivity contribution in [1.29, 1.82) is 0 Å². The summed E-state index contributed by atoms with van der Waals surface area (Å²) >= 11 is 0. The molecule has 0 aliphatic rings. The number of aliphatic hydroxyl groups excluding tert-OH is 1. The van der Waals surface area contributed by atoms with Crippen molar-refractivity contribution in [2.75, 3.05) is 13.2 Å². The average Bonchev–Trinajstić information content (AvgIpc) is 2.43. The normalized spacial score (nSPS) is 14.8. The number of aliphatic hydroxyl groups is 2. The Kier molecular flexibility index (Phi) is 5.30. The lowest BCUT2D eigenvalue weighted by Crippen LogP contribution is -2.36. The molecule has 1 atom stereocenters. The molecule has 0 unspecified atom stereocenters. The highest BCUT2D eigenvalue weighted by Crippen LogP contribution is 2.30. The first kappa shape index (κ1) is 16.2. The Balaban J connectivity index is 2.94. The number of esters is 1. The third-order valence-corrected chi connectivity index (χ3v) is 3.11. The van der Waals surface area contributed by atoms with Crippen LogP contribution in [-0.4, -0.2) is 34.5 Å². The van der Waals surface area contributed by atoms with E-state index in [4.69, 9.17) is 4.74 Å². The number of hydrogen-bond donors (Lipinski definition) is 3. The minimum absolute atomic E-state index is 0.122. The van der Waals surface area contributed by atoms with Crippen molar-refractivity contribution < 1.29 is 24.9 Å². The van der Waals surface area contributed by atoms with Gasteiger partial charge in [-0.15, -0.1) is 0 Å². The minimum atomic E-state index is -1.83.